The Kier molecular flexibility index (Phi) is 4.58. The van der Waals surface area contributed by atoms with E-state index in [0.29, 0.717) is 11.3 Å². The fourth-order valence-electron chi connectivity index (χ4n) is 1.89. The van der Waals surface area contributed by atoms with Gasteiger partial charge in [-0.05, 0) is 18.1 Å². The van der Waals surface area contributed by atoms with Gasteiger partial charge in [0.05, 0.1) is 5.71 Å². The second-order valence-corrected chi connectivity index (χ2v) is 3.96. The molecule has 5 nitrogen and oxygen atoms in total. The van der Waals surface area contributed by atoms with E-state index in [-0.39, 0.29) is 30.7 Å². The highest BCUT2D eigenvalue weighted by molar-refractivity contribution is 6.12. The Morgan fingerprint density at radius 1 is 1.50 bits per heavy atom. The van der Waals surface area contributed by atoms with Gasteiger partial charge in [0, 0.05) is 12.0 Å². The second-order valence-electron chi connectivity index (χ2n) is 3.96. The van der Waals surface area contributed by atoms with E-state index in [9.17, 15) is 9.59 Å². The van der Waals surface area contributed by atoms with Crippen LogP contribution in [0.25, 0.3) is 0 Å². The summed E-state index contributed by atoms with van der Waals surface area (Å²) in [6.45, 7) is 0. The van der Waals surface area contributed by atoms with E-state index >= 15 is 0 Å². The van der Waals surface area contributed by atoms with Crippen LogP contribution in [-0.2, 0) is 9.59 Å². The van der Waals surface area contributed by atoms with Gasteiger partial charge in [-0.25, -0.2) is 4.99 Å². The molecular weight excluding hydrogens is 256 g/mol. The van der Waals surface area contributed by atoms with Crippen LogP contribution in [0.15, 0.2) is 40.9 Å². The van der Waals surface area contributed by atoms with Crippen LogP contribution in [-0.4, -0.2) is 28.7 Å². The third kappa shape index (κ3) is 2.94. The summed E-state index contributed by atoms with van der Waals surface area (Å²) < 4.78 is 0. The molecule has 0 saturated heterocycles. The topological polar surface area (TPSA) is 92.8 Å². The zero-order valence-electron chi connectivity index (χ0n) is 9.45. The number of carboxylic acids is 1. The molecule has 0 saturated carbocycles. The first-order chi connectivity index (χ1) is 8.08. The van der Waals surface area contributed by atoms with E-state index in [0.717, 1.165) is 0 Å². The molecule has 2 aliphatic rings. The lowest BCUT2D eigenvalue weighted by atomic mass is 9.85. The highest BCUT2D eigenvalue weighted by Gasteiger charge is 2.26. The molecule has 18 heavy (non-hydrogen) atoms. The van der Waals surface area contributed by atoms with Crippen LogP contribution < -0.4 is 5.73 Å². The smallest absolute Gasteiger partial charge is 0.320 e. The first-order valence-electron chi connectivity index (χ1n) is 5.24. The normalized spacial score (nSPS) is 22.5. The highest BCUT2D eigenvalue weighted by atomic mass is 35.5. The molecule has 0 aromatic carbocycles. The summed E-state index contributed by atoms with van der Waals surface area (Å²) >= 11 is 0. The summed E-state index contributed by atoms with van der Waals surface area (Å²) in [6, 6.07) is -0.993. The van der Waals surface area contributed by atoms with Crippen molar-refractivity contribution in [2.24, 2.45) is 16.6 Å². The Hall–Kier alpha value is -1.72. The quantitative estimate of drug-likeness (QED) is 0.794. The number of halogens is 1. The average Bonchev–Trinajstić information content (AvgIpc) is 2.28. The SMILES string of the molecule is Cl.NC(CC1=CC(=O)N=C2C=CC=CC12)C(=O)O. The standard InChI is InChI=1S/C12H12N2O3.ClH/c13-9(12(16)17)5-7-6-11(15)14-10-4-2-1-3-8(7)10;/h1-4,6,8-9H,5,13H2,(H,16,17);1H. The highest BCUT2D eigenvalue weighted by Crippen LogP contribution is 2.26. The fraction of sp³-hybridized carbons (Fsp3) is 0.250. The minimum atomic E-state index is -1.07. The first kappa shape index (κ1) is 14.3. The van der Waals surface area contributed by atoms with Crippen LogP contribution in [0.1, 0.15) is 6.42 Å². The van der Waals surface area contributed by atoms with Gasteiger partial charge in [-0.2, -0.15) is 0 Å². The molecule has 0 fully saturated rings. The van der Waals surface area contributed by atoms with Gasteiger partial charge in [0.1, 0.15) is 6.04 Å². The molecular formula is C12H13ClN2O3. The predicted molar refractivity (Wildman–Crippen MR) is 69.8 cm³/mol. The number of carbonyl (C=O) groups excluding carboxylic acids is 1. The summed E-state index contributed by atoms with van der Waals surface area (Å²) in [4.78, 5) is 26.0. The fourth-order valence-corrected chi connectivity index (χ4v) is 1.89. The largest absolute Gasteiger partial charge is 0.480 e. The van der Waals surface area contributed by atoms with Gasteiger partial charge in [-0.3, -0.25) is 9.59 Å². The third-order valence-electron chi connectivity index (χ3n) is 2.72. The summed E-state index contributed by atoms with van der Waals surface area (Å²) in [5.74, 6) is -1.55. The number of aliphatic carboxylic acids is 1. The van der Waals surface area contributed by atoms with Crippen LogP contribution >= 0.6 is 12.4 Å². The Balaban J connectivity index is 0.00000162. The van der Waals surface area contributed by atoms with Crippen molar-refractivity contribution in [3.8, 4) is 0 Å². The molecule has 1 aliphatic carbocycles. The average molecular weight is 269 g/mol. The lowest BCUT2D eigenvalue weighted by Crippen LogP contribution is -2.33. The first-order valence-corrected chi connectivity index (χ1v) is 5.24. The van der Waals surface area contributed by atoms with E-state index in [1.165, 1.54) is 6.08 Å². The summed E-state index contributed by atoms with van der Waals surface area (Å²) in [5, 5.41) is 8.78. The number of amides is 1. The van der Waals surface area contributed by atoms with Gasteiger partial charge in [-0.15, -0.1) is 12.4 Å². The molecule has 1 amide bonds. The van der Waals surface area contributed by atoms with Crippen molar-refractivity contribution in [2.75, 3.05) is 0 Å². The van der Waals surface area contributed by atoms with Crippen molar-refractivity contribution >= 4 is 30.0 Å². The molecule has 6 heteroatoms. The second kappa shape index (κ2) is 5.75. The molecule has 1 aliphatic heterocycles. The molecule has 1 heterocycles. The van der Waals surface area contributed by atoms with Gasteiger partial charge in [0.25, 0.3) is 5.91 Å². The molecule has 0 radical (unpaired) electrons. The molecule has 0 spiro atoms. The number of rotatable bonds is 3. The molecule has 2 atom stereocenters. The zero-order chi connectivity index (χ0) is 12.4. The van der Waals surface area contributed by atoms with Crippen LogP contribution in [0.5, 0.6) is 0 Å². The minimum Gasteiger partial charge on any atom is -0.480 e. The van der Waals surface area contributed by atoms with Gasteiger partial charge in [0.2, 0.25) is 0 Å². The van der Waals surface area contributed by atoms with Crippen molar-refractivity contribution in [2.45, 2.75) is 12.5 Å². The number of hydrogen-bond acceptors (Lipinski definition) is 3. The van der Waals surface area contributed by atoms with Crippen molar-refractivity contribution in [1.29, 1.82) is 0 Å². The molecule has 3 N–H and O–H groups in total. The zero-order valence-corrected chi connectivity index (χ0v) is 10.3. The number of hydrogen-bond donors (Lipinski definition) is 2. The van der Waals surface area contributed by atoms with E-state index in [4.69, 9.17) is 10.8 Å². The molecule has 2 rings (SSSR count). The minimum absolute atomic E-state index is 0. The summed E-state index contributed by atoms with van der Waals surface area (Å²) in [6.07, 6.45) is 8.80. The number of nitrogens with two attached hydrogens (primary N) is 1. The third-order valence-corrected chi connectivity index (χ3v) is 2.72. The van der Waals surface area contributed by atoms with Gasteiger partial charge >= 0.3 is 5.97 Å². The van der Waals surface area contributed by atoms with Crippen LogP contribution in [0.4, 0.5) is 0 Å². The summed E-state index contributed by atoms with van der Waals surface area (Å²) in [7, 11) is 0. The Morgan fingerprint density at radius 2 is 2.22 bits per heavy atom. The number of dihydropyridines is 1. The number of aliphatic imine (C=N–C) groups is 1. The molecule has 0 bridgehead atoms. The Labute approximate surface area is 110 Å². The molecule has 0 aromatic rings. The molecule has 96 valence electrons. The van der Waals surface area contributed by atoms with Gasteiger partial charge in [0.15, 0.2) is 0 Å². The monoisotopic (exact) mass is 268 g/mol. The lowest BCUT2D eigenvalue weighted by Gasteiger charge is -2.23. The number of carboxylic acid groups (broad SMARTS) is 1. The number of carbonyl (C=O) groups is 2. The number of fused-ring (bicyclic) bond motifs is 1. The molecule has 2 unspecified atom stereocenters. The van der Waals surface area contributed by atoms with E-state index in [1.807, 2.05) is 12.2 Å². The number of nitrogens with zero attached hydrogens (tertiary/aromatic N) is 1. The Morgan fingerprint density at radius 3 is 2.89 bits per heavy atom. The maximum atomic E-state index is 11.4. The van der Waals surface area contributed by atoms with Crippen LogP contribution in [0.2, 0.25) is 0 Å². The molecule has 0 aromatic heterocycles. The van der Waals surface area contributed by atoms with Crippen molar-refractivity contribution in [3.05, 3.63) is 36.0 Å². The van der Waals surface area contributed by atoms with E-state index in [2.05, 4.69) is 4.99 Å². The maximum absolute atomic E-state index is 11.4. The van der Waals surface area contributed by atoms with E-state index < -0.39 is 12.0 Å². The predicted octanol–water partition coefficient (Wildman–Crippen LogP) is 0.860. The lowest BCUT2D eigenvalue weighted by molar-refractivity contribution is -0.138. The van der Waals surface area contributed by atoms with Crippen molar-refractivity contribution in [3.63, 3.8) is 0 Å². The Bertz CT molecular complexity index is 492. The number of allylic oxidation sites excluding steroid dienone is 4. The van der Waals surface area contributed by atoms with Crippen LogP contribution in [0, 0.1) is 5.92 Å². The van der Waals surface area contributed by atoms with Gasteiger partial charge < -0.3 is 10.8 Å². The van der Waals surface area contributed by atoms with E-state index in [1.54, 1.807) is 12.2 Å². The van der Waals surface area contributed by atoms with Gasteiger partial charge in [-0.1, -0.05) is 18.2 Å². The van der Waals surface area contributed by atoms with Crippen LogP contribution in [0.3, 0.4) is 0 Å². The maximum Gasteiger partial charge on any atom is 0.320 e. The summed E-state index contributed by atoms with van der Waals surface area (Å²) in [5.41, 5.74) is 6.83. The van der Waals surface area contributed by atoms with Crippen molar-refractivity contribution < 1.29 is 14.7 Å². The van der Waals surface area contributed by atoms with Crippen molar-refractivity contribution in [1.82, 2.24) is 0 Å².